The van der Waals surface area contributed by atoms with Crippen molar-refractivity contribution in [2.75, 3.05) is 17.7 Å². The summed E-state index contributed by atoms with van der Waals surface area (Å²) >= 11 is 2.40. The first-order chi connectivity index (χ1) is 14.5. The molecule has 2 amide bonds. The van der Waals surface area contributed by atoms with Crippen molar-refractivity contribution in [2.24, 2.45) is 5.73 Å². The Labute approximate surface area is 180 Å². The fourth-order valence-corrected chi connectivity index (χ4v) is 4.92. The number of thiophene rings is 1. The number of nitrogens with zero attached hydrogens (tertiary/aromatic N) is 2. The number of nitrogens with one attached hydrogen (secondary N) is 1. The molecule has 0 spiro atoms. The number of amides is 2. The van der Waals surface area contributed by atoms with E-state index < -0.39 is 5.91 Å². The van der Waals surface area contributed by atoms with Crippen LogP contribution in [0.2, 0.25) is 0 Å². The van der Waals surface area contributed by atoms with Crippen molar-refractivity contribution in [3.63, 3.8) is 0 Å². The van der Waals surface area contributed by atoms with Gasteiger partial charge in [0.25, 0.3) is 11.5 Å². The maximum atomic E-state index is 13.1. The van der Waals surface area contributed by atoms with E-state index in [-0.39, 0.29) is 28.9 Å². The summed E-state index contributed by atoms with van der Waals surface area (Å²) in [6.07, 6.45) is 1.81. The van der Waals surface area contributed by atoms with Crippen molar-refractivity contribution in [1.29, 1.82) is 0 Å². The first-order valence-electron chi connectivity index (χ1n) is 9.44. The third-order valence-electron chi connectivity index (χ3n) is 4.75. The molecule has 1 saturated heterocycles. The van der Waals surface area contributed by atoms with Crippen molar-refractivity contribution >= 4 is 50.8 Å². The molecule has 156 valence electrons. The van der Waals surface area contributed by atoms with Crippen LogP contribution >= 0.6 is 23.1 Å². The number of carbonyl (C=O) groups excluding carboxylic acids is 2. The predicted molar refractivity (Wildman–Crippen MR) is 117 cm³/mol. The molecule has 0 saturated carbocycles. The maximum Gasteiger partial charge on any atom is 0.262 e. The number of hydrogen-bond donors (Lipinski definition) is 2. The van der Waals surface area contributed by atoms with E-state index in [1.54, 1.807) is 34.2 Å². The number of para-hydroxylation sites is 1. The molecular weight excluding hydrogens is 424 g/mol. The Kier molecular flexibility index (Phi) is 6.16. The van der Waals surface area contributed by atoms with Gasteiger partial charge >= 0.3 is 0 Å². The lowest BCUT2D eigenvalue weighted by Crippen LogP contribution is -2.29. The van der Waals surface area contributed by atoms with Gasteiger partial charge in [0, 0.05) is 6.61 Å². The number of thioether (sulfide) groups is 1. The van der Waals surface area contributed by atoms with Gasteiger partial charge in [0.2, 0.25) is 5.91 Å². The minimum atomic E-state index is -0.596. The molecule has 0 aliphatic carbocycles. The molecule has 1 aliphatic heterocycles. The summed E-state index contributed by atoms with van der Waals surface area (Å²) in [5.74, 6) is -0.872. The fourth-order valence-electron chi connectivity index (χ4n) is 3.30. The van der Waals surface area contributed by atoms with Gasteiger partial charge in [-0.15, -0.1) is 11.3 Å². The molecule has 0 bridgehead atoms. The quantitative estimate of drug-likeness (QED) is 0.427. The summed E-state index contributed by atoms with van der Waals surface area (Å²) in [6, 6.07) is 8.73. The van der Waals surface area contributed by atoms with Gasteiger partial charge in [0.05, 0.1) is 34.9 Å². The molecule has 0 radical (unpaired) electrons. The van der Waals surface area contributed by atoms with Crippen LogP contribution in [-0.2, 0) is 16.1 Å². The van der Waals surface area contributed by atoms with Gasteiger partial charge in [-0.25, -0.2) is 4.98 Å². The number of fused-ring (bicyclic) bond motifs is 1. The van der Waals surface area contributed by atoms with Gasteiger partial charge in [-0.3, -0.25) is 19.0 Å². The second kappa shape index (κ2) is 8.99. The second-order valence-corrected chi connectivity index (χ2v) is 8.69. The van der Waals surface area contributed by atoms with Crippen molar-refractivity contribution < 1.29 is 14.3 Å². The van der Waals surface area contributed by atoms with E-state index in [4.69, 9.17) is 10.5 Å². The average molecular weight is 445 g/mol. The normalized spacial score (nSPS) is 16.1. The molecule has 1 aliphatic rings. The Morgan fingerprint density at radius 1 is 1.33 bits per heavy atom. The Bertz CT molecular complexity index is 1150. The Morgan fingerprint density at radius 2 is 2.17 bits per heavy atom. The highest BCUT2D eigenvalue weighted by molar-refractivity contribution is 7.99. The third-order valence-corrected chi connectivity index (χ3v) is 6.56. The van der Waals surface area contributed by atoms with Gasteiger partial charge in [0.15, 0.2) is 5.16 Å². The van der Waals surface area contributed by atoms with Crippen LogP contribution in [0.15, 0.2) is 45.7 Å². The smallest absolute Gasteiger partial charge is 0.262 e. The standard InChI is InChI=1S/C20H20N4O4S2/c21-17(26)14-7-9-29-18(14)23-16(25)11-30-20-22-15-6-2-1-5-13(15)19(27)24(20)10-12-4-3-8-28-12/h1-2,5-7,9,12H,3-4,8,10-11H2,(H2,21,26)(H,23,25)/t12-/m0/s1. The highest BCUT2D eigenvalue weighted by atomic mass is 32.2. The van der Waals surface area contributed by atoms with Crippen LogP contribution in [0.5, 0.6) is 0 Å². The highest BCUT2D eigenvalue weighted by Gasteiger charge is 2.21. The zero-order valence-electron chi connectivity index (χ0n) is 16.0. The van der Waals surface area contributed by atoms with Crippen LogP contribution in [0.4, 0.5) is 5.00 Å². The zero-order chi connectivity index (χ0) is 21.1. The molecule has 3 N–H and O–H groups in total. The molecule has 8 nitrogen and oxygen atoms in total. The molecule has 0 unspecified atom stereocenters. The molecule has 1 atom stereocenters. The van der Waals surface area contributed by atoms with Gasteiger partial charge in [-0.2, -0.15) is 0 Å². The van der Waals surface area contributed by atoms with E-state index in [2.05, 4.69) is 10.3 Å². The Balaban J connectivity index is 1.56. The van der Waals surface area contributed by atoms with Crippen LogP contribution in [0.25, 0.3) is 10.9 Å². The number of hydrogen-bond acceptors (Lipinski definition) is 7. The van der Waals surface area contributed by atoms with Crippen molar-refractivity contribution in [1.82, 2.24) is 9.55 Å². The summed E-state index contributed by atoms with van der Waals surface area (Å²) in [5, 5.41) is 5.80. The molecule has 30 heavy (non-hydrogen) atoms. The first kappa shape index (κ1) is 20.6. The van der Waals surface area contributed by atoms with Gasteiger partial charge < -0.3 is 15.8 Å². The number of benzene rings is 1. The summed E-state index contributed by atoms with van der Waals surface area (Å²) in [5.41, 5.74) is 6.03. The van der Waals surface area contributed by atoms with E-state index in [1.807, 2.05) is 6.07 Å². The minimum Gasteiger partial charge on any atom is -0.376 e. The molecule has 2 aromatic heterocycles. The van der Waals surface area contributed by atoms with Crippen molar-refractivity contribution in [3.05, 3.63) is 51.6 Å². The number of ether oxygens (including phenoxy) is 1. The van der Waals surface area contributed by atoms with Crippen molar-refractivity contribution in [3.8, 4) is 0 Å². The first-order valence-corrected chi connectivity index (χ1v) is 11.3. The topological polar surface area (TPSA) is 116 Å². The summed E-state index contributed by atoms with van der Waals surface area (Å²) in [6.45, 7) is 1.09. The Hall–Kier alpha value is -2.69. The van der Waals surface area contributed by atoms with E-state index in [1.165, 1.54) is 23.1 Å². The predicted octanol–water partition coefficient (Wildman–Crippen LogP) is 2.47. The van der Waals surface area contributed by atoms with Crippen LogP contribution in [0, 0.1) is 0 Å². The summed E-state index contributed by atoms with van der Waals surface area (Å²) < 4.78 is 7.29. The lowest BCUT2D eigenvalue weighted by molar-refractivity contribution is -0.113. The lowest BCUT2D eigenvalue weighted by atomic mass is 10.2. The molecular formula is C20H20N4O4S2. The van der Waals surface area contributed by atoms with Crippen LogP contribution < -0.4 is 16.6 Å². The number of carbonyl (C=O) groups is 2. The molecule has 4 rings (SSSR count). The van der Waals surface area contributed by atoms with E-state index in [0.29, 0.717) is 34.2 Å². The lowest BCUT2D eigenvalue weighted by Gasteiger charge is -2.16. The van der Waals surface area contributed by atoms with Gasteiger partial charge in [-0.05, 0) is 36.4 Å². The molecule has 1 fully saturated rings. The Morgan fingerprint density at radius 3 is 2.93 bits per heavy atom. The van der Waals surface area contributed by atoms with Crippen LogP contribution in [-0.4, -0.2) is 39.8 Å². The van der Waals surface area contributed by atoms with Gasteiger partial charge in [-0.1, -0.05) is 23.9 Å². The van der Waals surface area contributed by atoms with Crippen LogP contribution in [0.1, 0.15) is 23.2 Å². The van der Waals surface area contributed by atoms with E-state index >= 15 is 0 Å². The van der Waals surface area contributed by atoms with Crippen molar-refractivity contribution in [2.45, 2.75) is 30.6 Å². The number of rotatable bonds is 7. The number of primary amides is 1. The number of aromatic nitrogens is 2. The van der Waals surface area contributed by atoms with E-state index in [9.17, 15) is 14.4 Å². The average Bonchev–Trinajstić information content (AvgIpc) is 3.41. The largest absolute Gasteiger partial charge is 0.376 e. The molecule has 10 heteroatoms. The SMILES string of the molecule is NC(=O)c1ccsc1NC(=O)CSc1nc2ccccc2c(=O)n1C[C@@H]1CCCO1. The van der Waals surface area contributed by atoms with E-state index in [0.717, 1.165) is 12.8 Å². The third kappa shape index (κ3) is 4.40. The summed E-state index contributed by atoms with van der Waals surface area (Å²) in [7, 11) is 0. The van der Waals surface area contributed by atoms with Gasteiger partial charge in [0.1, 0.15) is 5.00 Å². The number of anilines is 1. The monoisotopic (exact) mass is 444 g/mol. The second-order valence-electron chi connectivity index (χ2n) is 6.83. The molecule has 3 aromatic rings. The number of nitrogens with two attached hydrogens (primary N) is 1. The molecule has 1 aromatic carbocycles. The molecule has 3 heterocycles. The van der Waals surface area contributed by atoms with Crippen LogP contribution in [0.3, 0.4) is 0 Å². The minimum absolute atomic E-state index is 0.0341. The zero-order valence-corrected chi connectivity index (χ0v) is 17.6. The fraction of sp³-hybridized carbons (Fsp3) is 0.300. The maximum absolute atomic E-state index is 13.1. The summed E-state index contributed by atoms with van der Waals surface area (Å²) in [4.78, 5) is 41.5. The highest BCUT2D eigenvalue weighted by Crippen LogP contribution is 2.24.